The molecule has 0 aliphatic heterocycles. The van der Waals surface area contributed by atoms with Gasteiger partial charge in [-0.1, -0.05) is 18.2 Å². The van der Waals surface area contributed by atoms with Gasteiger partial charge < -0.3 is 15.2 Å². The van der Waals surface area contributed by atoms with Gasteiger partial charge in [0.1, 0.15) is 6.54 Å². The Hall–Kier alpha value is -1.81. The summed E-state index contributed by atoms with van der Waals surface area (Å²) in [6, 6.07) is 8.20. The van der Waals surface area contributed by atoms with Gasteiger partial charge >= 0.3 is 0 Å². The highest BCUT2D eigenvalue weighted by molar-refractivity contribution is 5.86. The first kappa shape index (κ1) is 14.6. The van der Waals surface area contributed by atoms with E-state index in [1.54, 1.807) is 7.05 Å². The zero-order valence-electron chi connectivity index (χ0n) is 12.7. The van der Waals surface area contributed by atoms with Crippen molar-refractivity contribution in [1.29, 1.82) is 0 Å². The molecule has 108 valence electrons. The predicted molar refractivity (Wildman–Crippen MR) is 82.6 cm³/mol. The van der Waals surface area contributed by atoms with Gasteiger partial charge in [-0.25, -0.2) is 0 Å². The van der Waals surface area contributed by atoms with Crippen molar-refractivity contribution in [3.8, 4) is 0 Å². The maximum Gasteiger partial charge on any atom is 0.239 e. The second-order valence-corrected chi connectivity index (χ2v) is 6.08. The average Bonchev–Trinajstić information content (AvgIpc) is 2.74. The van der Waals surface area contributed by atoms with E-state index in [1.165, 1.54) is 10.9 Å². The summed E-state index contributed by atoms with van der Waals surface area (Å²) in [7, 11) is 1.66. The van der Waals surface area contributed by atoms with Crippen LogP contribution in [0.2, 0.25) is 0 Å². The molecule has 0 spiro atoms. The van der Waals surface area contributed by atoms with Gasteiger partial charge in [0.15, 0.2) is 0 Å². The standard InChI is InChI=1S/C16H23N3O/c1-16(2,3)18-9-12-10-19(11-15(20)17-4)14-8-6-5-7-13(12)14/h5-8,10,18H,9,11H2,1-4H3,(H,17,20). The summed E-state index contributed by atoms with van der Waals surface area (Å²) in [5.41, 5.74) is 2.39. The first-order valence-corrected chi connectivity index (χ1v) is 6.93. The molecule has 0 saturated heterocycles. The number of nitrogens with one attached hydrogen (secondary N) is 2. The smallest absolute Gasteiger partial charge is 0.239 e. The van der Waals surface area contributed by atoms with Crippen LogP contribution in [0.1, 0.15) is 26.3 Å². The third-order valence-corrected chi connectivity index (χ3v) is 3.27. The number of para-hydroxylation sites is 1. The van der Waals surface area contributed by atoms with Crippen molar-refractivity contribution in [3.63, 3.8) is 0 Å². The number of hydrogen-bond donors (Lipinski definition) is 2. The first-order valence-electron chi connectivity index (χ1n) is 6.93. The molecule has 20 heavy (non-hydrogen) atoms. The lowest BCUT2D eigenvalue weighted by molar-refractivity contribution is -0.121. The van der Waals surface area contributed by atoms with Crippen LogP contribution in [0.4, 0.5) is 0 Å². The Kier molecular flexibility index (Phi) is 4.14. The SMILES string of the molecule is CNC(=O)Cn1cc(CNC(C)(C)C)c2ccccc21. The van der Waals surface area contributed by atoms with Gasteiger partial charge in [0.2, 0.25) is 5.91 Å². The summed E-state index contributed by atoms with van der Waals surface area (Å²) in [5, 5.41) is 7.37. The van der Waals surface area contributed by atoms with Gasteiger partial charge in [-0.3, -0.25) is 4.79 Å². The zero-order chi connectivity index (χ0) is 14.8. The van der Waals surface area contributed by atoms with Crippen LogP contribution in [0, 0.1) is 0 Å². The Balaban J connectivity index is 2.33. The number of likely N-dealkylation sites (N-methyl/N-ethyl adjacent to an activating group) is 1. The van der Waals surface area contributed by atoms with E-state index < -0.39 is 0 Å². The molecule has 0 aliphatic rings. The van der Waals surface area contributed by atoms with Crippen LogP contribution in [-0.4, -0.2) is 23.1 Å². The van der Waals surface area contributed by atoms with Crippen molar-refractivity contribution < 1.29 is 4.79 Å². The van der Waals surface area contributed by atoms with Gasteiger partial charge in [-0.2, -0.15) is 0 Å². The predicted octanol–water partition coefficient (Wildman–Crippen LogP) is 2.28. The highest BCUT2D eigenvalue weighted by atomic mass is 16.1. The second-order valence-electron chi connectivity index (χ2n) is 6.08. The number of carbonyl (C=O) groups is 1. The molecule has 0 atom stereocenters. The van der Waals surface area contributed by atoms with Crippen LogP contribution in [0.25, 0.3) is 10.9 Å². The Labute approximate surface area is 120 Å². The van der Waals surface area contributed by atoms with Crippen molar-refractivity contribution in [2.75, 3.05) is 7.05 Å². The summed E-state index contributed by atoms with van der Waals surface area (Å²) in [4.78, 5) is 11.6. The summed E-state index contributed by atoms with van der Waals surface area (Å²) >= 11 is 0. The number of nitrogens with zero attached hydrogens (tertiary/aromatic N) is 1. The second kappa shape index (κ2) is 5.67. The van der Waals surface area contributed by atoms with Crippen molar-refractivity contribution in [2.45, 2.75) is 39.4 Å². The normalized spacial score (nSPS) is 11.8. The lowest BCUT2D eigenvalue weighted by Crippen LogP contribution is -2.35. The lowest BCUT2D eigenvalue weighted by Gasteiger charge is -2.20. The molecule has 1 amide bonds. The molecular formula is C16H23N3O. The van der Waals surface area contributed by atoms with Crippen LogP contribution in [-0.2, 0) is 17.9 Å². The van der Waals surface area contributed by atoms with Crippen molar-refractivity contribution in [1.82, 2.24) is 15.2 Å². The van der Waals surface area contributed by atoms with Crippen LogP contribution in [0.5, 0.6) is 0 Å². The molecule has 0 aliphatic carbocycles. The van der Waals surface area contributed by atoms with E-state index in [0.717, 1.165) is 12.1 Å². The minimum Gasteiger partial charge on any atom is -0.358 e. The molecule has 4 nitrogen and oxygen atoms in total. The lowest BCUT2D eigenvalue weighted by atomic mass is 10.1. The Bertz CT molecular complexity index is 608. The van der Waals surface area contributed by atoms with Gasteiger partial charge in [0.25, 0.3) is 0 Å². The molecule has 0 radical (unpaired) electrons. The Morgan fingerprint density at radius 1 is 1.25 bits per heavy atom. The molecule has 1 heterocycles. The van der Waals surface area contributed by atoms with Crippen LogP contribution >= 0.6 is 0 Å². The van der Waals surface area contributed by atoms with E-state index >= 15 is 0 Å². The van der Waals surface area contributed by atoms with Gasteiger partial charge in [-0.05, 0) is 32.4 Å². The quantitative estimate of drug-likeness (QED) is 0.897. The number of carbonyl (C=O) groups excluding carboxylic acids is 1. The molecule has 2 aromatic rings. The number of hydrogen-bond acceptors (Lipinski definition) is 2. The van der Waals surface area contributed by atoms with Gasteiger partial charge in [0, 0.05) is 36.2 Å². The van der Waals surface area contributed by atoms with E-state index in [4.69, 9.17) is 0 Å². The van der Waals surface area contributed by atoms with E-state index in [0.29, 0.717) is 6.54 Å². The molecule has 2 N–H and O–H groups in total. The Morgan fingerprint density at radius 2 is 1.95 bits per heavy atom. The molecule has 1 aromatic carbocycles. The molecule has 0 bridgehead atoms. The minimum atomic E-state index is 0.0149. The monoisotopic (exact) mass is 273 g/mol. The summed E-state index contributed by atoms with van der Waals surface area (Å²) in [5.74, 6) is 0.0149. The van der Waals surface area contributed by atoms with Gasteiger partial charge in [0.05, 0.1) is 0 Å². The summed E-state index contributed by atoms with van der Waals surface area (Å²) < 4.78 is 2.01. The average molecular weight is 273 g/mol. The number of benzene rings is 1. The summed E-state index contributed by atoms with van der Waals surface area (Å²) in [6.45, 7) is 7.60. The van der Waals surface area contributed by atoms with Crippen molar-refractivity contribution in [3.05, 3.63) is 36.0 Å². The Morgan fingerprint density at radius 3 is 2.60 bits per heavy atom. The minimum absolute atomic E-state index is 0.0149. The number of amides is 1. The fourth-order valence-corrected chi connectivity index (χ4v) is 2.19. The zero-order valence-corrected chi connectivity index (χ0v) is 12.7. The van der Waals surface area contributed by atoms with Crippen molar-refractivity contribution >= 4 is 16.8 Å². The fourth-order valence-electron chi connectivity index (χ4n) is 2.19. The largest absolute Gasteiger partial charge is 0.358 e. The van der Waals surface area contributed by atoms with E-state index in [2.05, 4.69) is 49.7 Å². The molecule has 0 fully saturated rings. The number of fused-ring (bicyclic) bond motifs is 1. The van der Waals surface area contributed by atoms with E-state index in [-0.39, 0.29) is 11.4 Å². The first-order chi connectivity index (χ1) is 9.40. The van der Waals surface area contributed by atoms with E-state index in [1.807, 2.05) is 16.7 Å². The molecule has 1 aromatic heterocycles. The molecule has 2 rings (SSSR count). The maximum absolute atomic E-state index is 11.6. The molecule has 4 heteroatoms. The number of rotatable bonds is 4. The molecular weight excluding hydrogens is 250 g/mol. The van der Waals surface area contributed by atoms with E-state index in [9.17, 15) is 4.79 Å². The molecule has 0 saturated carbocycles. The fraction of sp³-hybridized carbons (Fsp3) is 0.438. The highest BCUT2D eigenvalue weighted by Gasteiger charge is 2.13. The number of aromatic nitrogens is 1. The topological polar surface area (TPSA) is 46.1 Å². The van der Waals surface area contributed by atoms with Gasteiger partial charge in [-0.15, -0.1) is 0 Å². The molecule has 0 unspecified atom stereocenters. The summed E-state index contributed by atoms with van der Waals surface area (Å²) in [6.07, 6.45) is 2.07. The van der Waals surface area contributed by atoms with Crippen LogP contribution in [0.15, 0.2) is 30.5 Å². The third kappa shape index (κ3) is 3.39. The maximum atomic E-state index is 11.6. The third-order valence-electron chi connectivity index (χ3n) is 3.27. The van der Waals surface area contributed by atoms with Crippen LogP contribution < -0.4 is 10.6 Å². The highest BCUT2D eigenvalue weighted by Crippen LogP contribution is 2.21. The van der Waals surface area contributed by atoms with Crippen molar-refractivity contribution in [2.24, 2.45) is 0 Å². The van der Waals surface area contributed by atoms with Crippen LogP contribution in [0.3, 0.4) is 0 Å².